The van der Waals surface area contributed by atoms with Gasteiger partial charge in [-0.2, -0.15) is 0 Å². The molecule has 0 radical (unpaired) electrons. The highest BCUT2D eigenvalue weighted by Crippen LogP contribution is 2.16. The van der Waals surface area contributed by atoms with Gasteiger partial charge in [0.25, 0.3) is 0 Å². The summed E-state index contributed by atoms with van der Waals surface area (Å²) < 4.78 is 18.1. The lowest BCUT2D eigenvalue weighted by atomic mass is 10.1. The number of halogens is 3. The largest absolute Gasteiger partial charge is 0.468 e. The van der Waals surface area contributed by atoms with Gasteiger partial charge in [-0.15, -0.1) is 12.4 Å². The molecule has 0 saturated carbocycles. The zero-order valence-corrected chi connectivity index (χ0v) is 11.0. The Balaban J connectivity index is 0.00000225. The lowest BCUT2D eigenvalue weighted by molar-refractivity contribution is -0.142. The molecule has 0 spiro atoms. The summed E-state index contributed by atoms with van der Waals surface area (Å²) in [6.45, 7) is 0. The van der Waals surface area contributed by atoms with E-state index < -0.39 is 12.0 Å². The number of hydrogen-bond acceptors (Lipinski definition) is 3. The molecule has 0 aliphatic heterocycles. The number of nitrogens with two attached hydrogens (primary N) is 1. The average Bonchev–Trinajstić information content (AvgIpc) is 2.14. The van der Waals surface area contributed by atoms with Crippen LogP contribution in [0.15, 0.2) is 22.7 Å². The minimum Gasteiger partial charge on any atom is -0.468 e. The molecule has 0 amide bonds. The molecule has 3 nitrogen and oxygen atoms in total. The van der Waals surface area contributed by atoms with E-state index in [2.05, 4.69) is 20.7 Å². The van der Waals surface area contributed by atoms with Gasteiger partial charge >= 0.3 is 5.97 Å². The summed E-state index contributed by atoms with van der Waals surface area (Å²) >= 11 is 3.16. The molecule has 90 valence electrons. The van der Waals surface area contributed by atoms with E-state index in [1.54, 1.807) is 6.07 Å². The number of methoxy groups -OCH3 is 1. The molecule has 2 N–H and O–H groups in total. The first kappa shape index (κ1) is 15.3. The third-order valence-corrected chi connectivity index (χ3v) is 2.34. The standard InChI is InChI=1S/C10H11BrFNO2.ClH/c1-15-10(14)9(13)4-6-2-7(11)5-8(12)3-6;/h2-3,5,9H,4,13H2,1H3;1H. The molecule has 1 atom stereocenters. The van der Waals surface area contributed by atoms with Crippen LogP contribution in [0.5, 0.6) is 0 Å². The monoisotopic (exact) mass is 311 g/mol. The van der Waals surface area contributed by atoms with Crippen LogP contribution in [-0.2, 0) is 16.0 Å². The lowest BCUT2D eigenvalue weighted by Gasteiger charge is -2.09. The highest BCUT2D eigenvalue weighted by atomic mass is 79.9. The summed E-state index contributed by atoms with van der Waals surface area (Å²) in [5, 5.41) is 0. The molecule has 0 heterocycles. The van der Waals surface area contributed by atoms with Crippen LogP contribution < -0.4 is 5.73 Å². The summed E-state index contributed by atoms with van der Waals surface area (Å²) in [5.41, 5.74) is 6.20. The molecule has 16 heavy (non-hydrogen) atoms. The second kappa shape index (κ2) is 6.83. The maximum atomic E-state index is 13.0. The number of carbonyl (C=O) groups is 1. The van der Waals surface area contributed by atoms with Gasteiger partial charge in [0.2, 0.25) is 0 Å². The number of hydrogen-bond donors (Lipinski definition) is 1. The van der Waals surface area contributed by atoms with Gasteiger partial charge in [-0.05, 0) is 30.2 Å². The minimum atomic E-state index is -0.760. The summed E-state index contributed by atoms with van der Waals surface area (Å²) in [6.07, 6.45) is 0.253. The van der Waals surface area contributed by atoms with Crippen molar-refractivity contribution in [1.82, 2.24) is 0 Å². The van der Waals surface area contributed by atoms with Crippen LogP contribution in [0.4, 0.5) is 4.39 Å². The minimum absolute atomic E-state index is 0. The number of esters is 1. The van der Waals surface area contributed by atoms with Crippen molar-refractivity contribution in [1.29, 1.82) is 0 Å². The highest BCUT2D eigenvalue weighted by Gasteiger charge is 2.14. The summed E-state index contributed by atoms with van der Waals surface area (Å²) in [4.78, 5) is 11.0. The zero-order chi connectivity index (χ0) is 11.4. The van der Waals surface area contributed by atoms with E-state index in [-0.39, 0.29) is 24.6 Å². The summed E-state index contributed by atoms with van der Waals surface area (Å²) in [5.74, 6) is -0.869. The SMILES string of the molecule is COC(=O)C(N)Cc1cc(F)cc(Br)c1.Cl. The number of ether oxygens (including phenoxy) is 1. The van der Waals surface area contributed by atoms with Crippen molar-refractivity contribution >= 4 is 34.3 Å². The first-order valence-corrected chi connectivity index (χ1v) is 5.10. The van der Waals surface area contributed by atoms with Crippen molar-refractivity contribution in [3.8, 4) is 0 Å². The van der Waals surface area contributed by atoms with E-state index in [1.165, 1.54) is 19.2 Å². The maximum Gasteiger partial charge on any atom is 0.322 e. The average molecular weight is 313 g/mol. The Labute approximate surface area is 108 Å². The van der Waals surface area contributed by atoms with Crippen LogP contribution in [0.2, 0.25) is 0 Å². The van der Waals surface area contributed by atoms with Crippen molar-refractivity contribution in [2.24, 2.45) is 5.73 Å². The van der Waals surface area contributed by atoms with E-state index >= 15 is 0 Å². The maximum absolute atomic E-state index is 13.0. The molecule has 0 aliphatic carbocycles. The predicted molar refractivity (Wildman–Crippen MR) is 65.0 cm³/mol. The number of benzene rings is 1. The Morgan fingerprint density at radius 3 is 2.69 bits per heavy atom. The Bertz CT molecular complexity index is 356. The molecule has 0 fully saturated rings. The van der Waals surface area contributed by atoms with Gasteiger partial charge in [0.1, 0.15) is 11.9 Å². The fourth-order valence-electron chi connectivity index (χ4n) is 1.22. The molecule has 0 aromatic heterocycles. The fraction of sp³-hybridized carbons (Fsp3) is 0.300. The summed E-state index contributed by atoms with van der Waals surface area (Å²) in [6, 6.07) is 3.63. The third-order valence-electron chi connectivity index (χ3n) is 1.88. The Hall–Kier alpha value is -0.650. The van der Waals surface area contributed by atoms with Crippen LogP contribution in [0.3, 0.4) is 0 Å². The molecule has 0 saturated heterocycles. The number of carbonyl (C=O) groups excluding carboxylic acids is 1. The van der Waals surface area contributed by atoms with Gasteiger partial charge in [0, 0.05) is 4.47 Å². The van der Waals surface area contributed by atoms with Crippen LogP contribution in [-0.4, -0.2) is 19.1 Å². The van der Waals surface area contributed by atoms with Crippen molar-refractivity contribution in [3.05, 3.63) is 34.1 Å². The van der Waals surface area contributed by atoms with E-state index in [0.29, 0.717) is 10.0 Å². The van der Waals surface area contributed by atoms with Crippen molar-refractivity contribution in [3.63, 3.8) is 0 Å². The van der Waals surface area contributed by atoms with Gasteiger partial charge < -0.3 is 10.5 Å². The second-order valence-electron chi connectivity index (χ2n) is 3.11. The van der Waals surface area contributed by atoms with Crippen molar-refractivity contribution in [2.45, 2.75) is 12.5 Å². The van der Waals surface area contributed by atoms with Crippen molar-refractivity contribution < 1.29 is 13.9 Å². The van der Waals surface area contributed by atoms with E-state index in [0.717, 1.165) is 0 Å². The van der Waals surface area contributed by atoms with Crippen LogP contribution >= 0.6 is 28.3 Å². The van der Waals surface area contributed by atoms with Crippen LogP contribution in [0, 0.1) is 5.82 Å². The topological polar surface area (TPSA) is 52.3 Å². The Morgan fingerprint density at radius 2 is 2.19 bits per heavy atom. The zero-order valence-electron chi connectivity index (χ0n) is 8.57. The number of rotatable bonds is 3. The Kier molecular flexibility index (Phi) is 6.55. The molecule has 6 heteroatoms. The fourth-order valence-corrected chi connectivity index (χ4v) is 1.73. The molecule has 1 unspecified atom stereocenters. The van der Waals surface area contributed by atoms with E-state index in [1.807, 2.05) is 0 Å². The first-order valence-electron chi connectivity index (χ1n) is 4.31. The smallest absolute Gasteiger partial charge is 0.322 e. The second-order valence-corrected chi connectivity index (χ2v) is 4.03. The van der Waals surface area contributed by atoms with Gasteiger partial charge in [0.05, 0.1) is 7.11 Å². The van der Waals surface area contributed by atoms with E-state index in [4.69, 9.17) is 5.73 Å². The molecule has 0 aliphatic rings. The lowest BCUT2D eigenvalue weighted by Crippen LogP contribution is -2.33. The molecular weight excluding hydrogens is 300 g/mol. The first-order chi connectivity index (χ1) is 7.02. The molecular formula is C10H12BrClFNO2. The van der Waals surface area contributed by atoms with Gasteiger partial charge in [0.15, 0.2) is 0 Å². The van der Waals surface area contributed by atoms with Crippen LogP contribution in [0.1, 0.15) is 5.56 Å². The molecule has 1 aromatic carbocycles. The van der Waals surface area contributed by atoms with Crippen LogP contribution in [0.25, 0.3) is 0 Å². The quantitative estimate of drug-likeness (QED) is 0.869. The molecule has 1 aromatic rings. The molecule has 0 bridgehead atoms. The third kappa shape index (κ3) is 4.47. The van der Waals surface area contributed by atoms with Gasteiger partial charge in [-0.1, -0.05) is 15.9 Å². The normalized spacial score (nSPS) is 11.5. The van der Waals surface area contributed by atoms with E-state index in [9.17, 15) is 9.18 Å². The van der Waals surface area contributed by atoms with Gasteiger partial charge in [-0.3, -0.25) is 4.79 Å². The summed E-state index contributed by atoms with van der Waals surface area (Å²) in [7, 11) is 1.27. The Morgan fingerprint density at radius 1 is 1.56 bits per heavy atom. The van der Waals surface area contributed by atoms with Crippen molar-refractivity contribution in [2.75, 3.05) is 7.11 Å². The predicted octanol–water partition coefficient (Wildman–Crippen LogP) is 2.05. The molecule has 1 rings (SSSR count). The van der Waals surface area contributed by atoms with Gasteiger partial charge in [-0.25, -0.2) is 4.39 Å². The highest BCUT2D eigenvalue weighted by molar-refractivity contribution is 9.10.